The van der Waals surface area contributed by atoms with Crippen LogP contribution in [-0.4, -0.2) is 48.5 Å². The molecule has 0 aliphatic rings. The Morgan fingerprint density at radius 2 is 1.81 bits per heavy atom. The fourth-order valence-electron chi connectivity index (χ4n) is 3.69. The molecule has 7 heteroatoms. The van der Waals surface area contributed by atoms with Crippen LogP contribution in [0.25, 0.3) is 16.5 Å². The largest absolute Gasteiger partial charge is 0.497 e. The predicted octanol–water partition coefficient (Wildman–Crippen LogP) is 4.02. The summed E-state index contributed by atoms with van der Waals surface area (Å²) >= 11 is 0. The average molecular weight is 431 g/mol. The highest BCUT2D eigenvalue weighted by atomic mass is 16.5. The number of pyridine rings is 1. The highest BCUT2D eigenvalue weighted by Crippen LogP contribution is 2.27. The third-order valence-corrected chi connectivity index (χ3v) is 5.43. The number of hydrogen-bond acceptors (Lipinski definition) is 6. The van der Waals surface area contributed by atoms with E-state index >= 15 is 0 Å². The third kappa shape index (κ3) is 4.02. The molecule has 1 atom stereocenters. The molecule has 0 aliphatic carbocycles. The number of likely N-dealkylation sites (N-methyl/N-ethyl adjacent to an activating group) is 1. The SMILES string of the molecule is COc1ccc(-n2c(O)c(C=NCC(c3ccco3)N(C)C)c3ccccc3c2=O)cc1. The van der Waals surface area contributed by atoms with E-state index in [-0.39, 0.29) is 17.5 Å². The van der Waals surface area contributed by atoms with E-state index in [2.05, 4.69) is 4.99 Å². The van der Waals surface area contributed by atoms with Gasteiger partial charge in [0.15, 0.2) is 0 Å². The second-order valence-electron chi connectivity index (χ2n) is 7.61. The highest BCUT2D eigenvalue weighted by Gasteiger charge is 2.18. The molecule has 2 heterocycles. The number of aliphatic imine (C=N–C) groups is 1. The molecule has 4 aromatic rings. The van der Waals surface area contributed by atoms with Gasteiger partial charge in [0.05, 0.1) is 37.2 Å². The maximum Gasteiger partial charge on any atom is 0.265 e. The summed E-state index contributed by atoms with van der Waals surface area (Å²) < 4.78 is 12.0. The van der Waals surface area contributed by atoms with Gasteiger partial charge in [-0.05, 0) is 56.6 Å². The van der Waals surface area contributed by atoms with Crippen LogP contribution in [0.5, 0.6) is 11.6 Å². The van der Waals surface area contributed by atoms with Crippen molar-refractivity contribution >= 4 is 17.0 Å². The van der Waals surface area contributed by atoms with Gasteiger partial charge in [-0.25, -0.2) is 4.57 Å². The molecule has 0 aliphatic heterocycles. The number of fused-ring (bicyclic) bond motifs is 1. The first-order valence-electron chi connectivity index (χ1n) is 10.2. The van der Waals surface area contributed by atoms with E-state index in [9.17, 15) is 9.90 Å². The van der Waals surface area contributed by atoms with E-state index in [1.807, 2.05) is 43.3 Å². The van der Waals surface area contributed by atoms with Crippen LogP contribution in [0.1, 0.15) is 17.4 Å². The number of aromatic hydroxyl groups is 1. The molecular formula is C25H25N3O4. The van der Waals surface area contributed by atoms with E-state index in [1.165, 1.54) is 4.57 Å². The Morgan fingerprint density at radius 3 is 2.44 bits per heavy atom. The molecule has 0 saturated heterocycles. The Kier molecular flexibility index (Phi) is 6.09. The average Bonchev–Trinajstić information content (AvgIpc) is 3.33. The van der Waals surface area contributed by atoms with Crippen molar-refractivity contribution in [2.24, 2.45) is 4.99 Å². The molecule has 7 nitrogen and oxygen atoms in total. The zero-order chi connectivity index (χ0) is 22.7. The molecular weight excluding hydrogens is 406 g/mol. The molecule has 4 rings (SSSR count). The van der Waals surface area contributed by atoms with Crippen molar-refractivity contribution in [3.05, 3.63) is 88.6 Å². The zero-order valence-electron chi connectivity index (χ0n) is 18.2. The van der Waals surface area contributed by atoms with E-state index in [1.54, 1.807) is 56.0 Å². The van der Waals surface area contributed by atoms with Crippen molar-refractivity contribution in [3.63, 3.8) is 0 Å². The number of hydrogen-bond donors (Lipinski definition) is 1. The minimum Gasteiger partial charge on any atom is -0.497 e. The summed E-state index contributed by atoms with van der Waals surface area (Å²) in [6.07, 6.45) is 3.26. The second kappa shape index (κ2) is 9.11. The molecule has 1 unspecified atom stereocenters. The molecule has 1 N–H and O–H groups in total. The maximum atomic E-state index is 13.2. The summed E-state index contributed by atoms with van der Waals surface area (Å²) in [5.74, 6) is 1.31. The molecule has 0 radical (unpaired) electrons. The Balaban J connectivity index is 1.80. The van der Waals surface area contributed by atoms with Crippen molar-refractivity contribution in [2.75, 3.05) is 27.7 Å². The van der Waals surface area contributed by atoms with Gasteiger partial charge in [-0.15, -0.1) is 0 Å². The molecule has 0 fully saturated rings. The fourth-order valence-corrected chi connectivity index (χ4v) is 3.69. The normalized spacial score (nSPS) is 12.6. The number of rotatable bonds is 7. The fraction of sp³-hybridized carbons (Fsp3) is 0.200. The first kappa shape index (κ1) is 21.4. The van der Waals surface area contributed by atoms with Gasteiger partial charge in [0.1, 0.15) is 11.5 Å². The van der Waals surface area contributed by atoms with Crippen molar-refractivity contribution in [2.45, 2.75) is 6.04 Å². The van der Waals surface area contributed by atoms with Crippen molar-refractivity contribution < 1.29 is 14.3 Å². The van der Waals surface area contributed by atoms with Gasteiger partial charge >= 0.3 is 0 Å². The third-order valence-electron chi connectivity index (χ3n) is 5.43. The molecule has 2 aromatic heterocycles. The molecule has 2 aromatic carbocycles. The lowest BCUT2D eigenvalue weighted by Crippen LogP contribution is -2.22. The van der Waals surface area contributed by atoms with Crippen LogP contribution < -0.4 is 10.3 Å². The van der Waals surface area contributed by atoms with Gasteiger partial charge in [-0.2, -0.15) is 0 Å². The minimum atomic E-state index is -0.304. The summed E-state index contributed by atoms with van der Waals surface area (Å²) in [6.45, 7) is 0.427. The Morgan fingerprint density at radius 1 is 1.09 bits per heavy atom. The van der Waals surface area contributed by atoms with Crippen LogP contribution in [0.15, 0.2) is 81.1 Å². The van der Waals surface area contributed by atoms with Gasteiger partial charge in [0.25, 0.3) is 5.56 Å². The number of furan rings is 1. The van der Waals surface area contributed by atoms with Crippen LogP contribution in [0, 0.1) is 0 Å². The van der Waals surface area contributed by atoms with Crippen LogP contribution >= 0.6 is 0 Å². The van der Waals surface area contributed by atoms with Crippen LogP contribution in [0.2, 0.25) is 0 Å². The maximum absolute atomic E-state index is 13.2. The van der Waals surface area contributed by atoms with Gasteiger partial charge < -0.3 is 14.3 Å². The summed E-state index contributed by atoms with van der Waals surface area (Å²) in [6, 6.07) is 17.9. The Bertz CT molecular complexity index is 1290. The van der Waals surface area contributed by atoms with E-state index in [0.29, 0.717) is 34.3 Å². The molecule has 0 amide bonds. The number of benzene rings is 2. The number of nitrogens with zero attached hydrogens (tertiary/aromatic N) is 3. The standard InChI is InChI=1S/C25H25N3O4/c1-27(2)22(23-9-6-14-32-23)16-26-15-21-19-7-4-5-8-20(19)24(29)28(25(21)30)17-10-12-18(31-3)13-11-17/h4-15,22,30H,16H2,1-3H3. The lowest BCUT2D eigenvalue weighted by Gasteiger charge is -2.20. The predicted molar refractivity (Wildman–Crippen MR) is 125 cm³/mol. The van der Waals surface area contributed by atoms with Crippen LogP contribution in [0.4, 0.5) is 0 Å². The number of ether oxygens (including phenoxy) is 1. The molecule has 0 bridgehead atoms. The monoisotopic (exact) mass is 431 g/mol. The lowest BCUT2D eigenvalue weighted by molar-refractivity contribution is 0.265. The van der Waals surface area contributed by atoms with E-state index in [4.69, 9.17) is 9.15 Å². The smallest absolute Gasteiger partial charge is 0.265 e. The van der Waals surface area contributed by atoms with E-state index in [0.717, 1.165) is 5.76 Å². The lowest BCUT2D eigenvalue weighted by atomic mass is 10.1. The Hall–Kier alpha value is -3.84. The van der Waals surface area contributed by atoms with Gasteiger partial charge in [-0.3, -0.25) is 14.7 Å². The van der Waals surface area contributed by atoms with E-state index < -0.39 is 0 Å². The summed E-state index contributed by atoms with van der Waals surface area (Å²) in [5.41, 5.74) is 0.714. The van der Waals surface area contributed by atoms with Crippen molar-refractivity contribution in [1.29, 1.82) is 0 Å². The molecule has 32 heavy (non-hydrogen) atoms. The molecule has 164 valence electrons. The second-order valence-corrected chi connectivity index (χ2v) is 7.61. The van der Waals surface area contributed by atoms with Gasteiger partial charge in [0, 0.05) is 17.0 Å². The van der Waals surface area contributed by atoms with Crippen LogP contribution in [-0.2, 0) is 0 Å². The van der Waals surface area contributed by atoms with Gasteiger partial charge in [0.2, 0.25) is 5.88 Å². The highest BCUT2D eigenvalue weighted by molar-refractivity contribution is 6.01. The topological polar surface area (TPSA) is 80.2 Å². The summed E-state index contributed by atoms with van der Waals surface area (Å²) in [7, 11) is 5.49. The summed E-state index contributed by atoms with van der Waals surface area (Å²) in [5, 5.41) is 12.3. The molecule has 0 spiro atoms. The number of methoxy groups -OCH3 is 1. The Labute approximate surface area is 185 Å². The first-order chi connectivity index (χ1) is 15.5. The minimum absolute atomic E-state index is 0.0536. The quantitative estimate of drug-likeness (QED) is 0.447. The zero-order valence-corrected chi connectivity index (χ0v) is 18.2. The van der Waals surface area contributed by atoms with Crippen LogP contribution in [0.3, 0.4) is 0 Å². The number of aromatic nitrogens is 1. The van der Waals surface area contributed by atoms with Crippen molar-refractivity contribution in [3.8, 4) is 17.3 Å². The van der Waals surface area contributed by atoms with Crippen molar-refractivity contribution in [1.82, 2.24) is 9.47 Å². The molecule has 0 saturated carbocycles. The summed E-state index contributed by atoms with van der Waals surface area (Å²) in [4.78, 5) is 19.8. The van der Waals surface area contributed by atoms with Gasteiger partial charge in [-0.1, -0.05) is 18.2 Å². The first-order valence-corrected chi connectivity index (χ1v) is 10.2.